The van der Waals surface area contributed by atoms with Gasteiger partial charge in [-0.2, -0.15) is 9.49 Å². The topological polar surface area (TPSA) is 66.0 Å². The number of nitrogens with zero attached hydrogens (tertiary/aromatic N) is 1. The van der Waals surface area contributed by atoms with Crippen molar-refractivity contribution in [2.45, 2.75) is 19.3 Å². The van der Waals surface area contributed by atoms with Crippen molar-refractivity contribution < 1.29 is 14.3 Å². The van der Waals surface area contributed by atoms with Crippen LogP contribution < -0.4 is 0 Å². The van der Waals surface area contributed by atoms with Crippen molar-refractivity contribution in [2.24, 2.45) is 5.92 Å². The molecule has 3 aromatic carbocycles. The minimum Gasteiger partial charge on any atom is -0.478 e. The highest BCUT2D eigenvalue weighted by molar-refractivity contribution is 6.32. The maximum atomic E-state index is 14.4. The molecule has 1 aliphatic carbocycles. The van der Waals surface area contributed by atoms with E-state index in [2.05, 4.69) is 10.2 Å². The summed E-state index contributed by atoms with van der Waals surface area (Å²) in [5.41, 5.74) is 6.30. The van der Waals surface area contributed by atoms with E-state index in [1.54, 1.807) is 6.08 Å². The average molecular weight is 473 g/mol. The molecule has 6 heteroatoms. The summed E-state index contributed by atoms with van der Waals surface area (Å²) in [7, 11) is 0. The number of rotatable bonds is 6. The van der Waals surface area contributed by atoms with E-state index >= 15 is 0 Å². The first-order chi connectivity index (χ1) is 16.5. The van der Waals surface area contributed by atoms with Crippen molar-refractivity contribution in [2.75, 3.05) is 0 Å². The summed E-state index contributed by atoms with van der Waals surface area (Å²) in [5.74, 6) is -1.12. The van der Waals surface area contributed by atoms with E-state index in [0.29, 0.717) is 21.8 Å². The molecule has 0 atom stereocenters. The number of carboxylic acid groups (broad SMARTS) is 1. The Morgan fingerprint density at radius 3 is 2.47 bits per heavy atom. The van der Waals surface area contributed by atoms with Gasteiger partial charge in [-0.15, -0.1) is 0 Å². The van der Waals surface area contributed by atoms with E-state index in [4.69, 9.17) is 16.7 Å². The third-order valence-corrected chi connectivity index (χ3v) is 6.69. The van der Waals surface area contributed by atoms with Crippen LogP contribution in [0.2, 0.25) is 5.02 Å². The number of allylic oxidation sites excluding steroid dienone is 1. The first-order valence-corrected chi connectivity index (χ1v) is 11.5. The first-order valence-electron chi connectivity index (χ1n) is 11.2. The van der Waals surface area contributed by atoms with Gasteiger partial charge in [-0.1, -0.05) is 66.6 Å². The monoisotopic (exact) mass is 472 g/mol. The van der Waals surface area contributed by atoms with E-state index < -0.39 is 11.9 Å². The van der Waals surface area contributed by atoms with Gasteiger partial charge < -0.3 is 5.11 Å². The Balaban J connectivity index is 1.76. The molecule has 1 saturated carbocycles. The predicted octanol–water partition coefficient (Wildman–Crippen LogP) is 7.21. The summed E-state index contributed by atoms with van der Waals surface area (Å²) in [6.45, 7) is 0. The zero-order valence-corrected chi connectivity index (χ0v) is 19.0. The van der Waals surface area contributed by atoms with E-state index in [-0.39, 0.29) is 0 Å². The summed E-state index contributed by atoms with van der Waals surface area (Å²) in [4.78, 5) is 10.9. The van der Waals surface area contributed by atoms with Gasteiger partial charge >= 0.3 is 5.97 Å². The lowest BCUT2D eigenvalue weighted by molar-refractivity contribution is -0.131. The van der Waals surface area contributed by atoms with Crippen LogP contribution in [0.15, 0.2) is 72.8 Å². The Hall–Kier alpha value is -3.70. The van der Waals surface area contributed by atoms with Crippen LogP contribution >= 0.6 is 11.6 Å². The number of carboxylic acids is 1. The molecule has 0 amide bonds. The van der Waals surface area contributed by atoms with Crippen LogP contribution in [0, 0.1) is 11.9 Å². The number of fused-ring (bicyclic) bond motifs is 1. The minimum absolute atomic E-state index is 0.339. The Morgan fingerprint density at radius 1 is 1.06 bits per heavy atom. The van der Waals surface area contributed by atoms with Crippen molar-refractivity contribution in [3.05, 3.63) is 106 Å². The number of carbonyl (C=O) groups is 1. The number of hydrogen-bond acceptors (Lipinski definition) is 2. The van der Waals surface area contributed by atoms with Crippen molar-refractivity contribution in [3.63, 3.8) is 0 Å². The van der Waals surface area contributed by atoms with Crippen molar-refractivity contribution in [1.29, 1.82) is 0 Å². The second-order valence-corrected chi connectivity index (χ2v) is 8.87. The van der Waals surface area contributed by atoms with E-state index in [9.17, 15) is 9.18 Å². The molecule has 0 unspecified atom stereocenters. The number of halogens is 2. The normalized spacial score (nSPS) is 14.9. The molecular weight excluding hydrogens is 451 g/mol. The van der Waals surface area contributed by atoms with Crippen LogP contribution in [0.3, 0.4) is 0 Å². The van der Waals surface area contributed by atoms with Gasteiger partial charge in [-0.25, -0.2) is 4.79 Å². The molecule has 0 spiro atoms. The Labute approximate surface area is 201 Å². The fourth-order valence-electron chi connectivity index (χ4n) is 4.48. The maximum absolute atomic E-state index is 14.4. The Morgan fingerprint density at radius 2 is 1.79 bits per heavy atom. The molecule has 4 aromatic rings. The Kier molecular flexibility index (Phi) is 6.03. The molecule has 5 rings (SSSR count). The lowest BCUT2D eigenvalue weighted by Crippen LogP contribution is -2.15. The van der Waals surface area contributed by atoms with E-state index in [1.807, 2.05) is 66.7 Å². The zero-order valence-electron chi connectivity index (χ0n) is 18.3. The van der Waals surface area contributed by atoms with Crippen LogP contribution in [0.1, 0.15) is 41.5 Å². The summed E-state index contributed by atoms with van der Waals surface area (Å²) in [5, 5.41) is 16.5. The molecule has 0 radical (unpaired) electrons. The van der Waals surface area contributed by atoms with E-state index in [0.717, 1.165) is 58.7 Å². The third kappa shape index (κ3) is 4.27. The number of hydrogen-bond donors (Lipinski definition) is 2. The van der Waals surface area contributed by atoms with Crippen LogP contribution in [0.25, 0.3) is 28.1 Å². The number of H-pyrrole nitrogens is 1. The predicted molar refractivity (Wildman–Crippen MR) is 134 cm³/mol. The van der Waals surface area contributed by atoms with Gasteiger partial charge in [0.15, 0.2) is 0 Å². The second kappa shape index (κ2) is 9.27. The second-order valence-electron chi connectivity index (χ2n) is 8.46. The lowest BCUT2D eigenvalue weighted by atomic mass is 9.73. The molecule has 1 aromatic heterocycles. The van der Waals surface area contributed by atoms with Gasteiger partial charge in [0.2, 0.25) is 5.95 Å². The van der Waals surface area contributed by atoms with Crippen LogP contribution in [0.5, 0.6) is 0 Å². The largest absolute Gasteiger partial charge is 0.478 e. The first kappa shape index (κ1) is 22.1. The fourth-order valence-corrected chi connectivity index (χ4v) is 4.71. The van der Waals surface area contributed by atoms with E-state index in [1.165, 1.54) is 0 Å². The number of nitrogens with one attached hydrogen (secondary N) is 1. The average Bonchev–Trinajstić information content (AvgIpc) is 3.17. The standard InChI is InChI=1S/C28H22ClFN2O2/c29-23-7-2-1-6-21(23)27(18-4-3-5-18)26(19-11-8-17(9-12-19)10-15-25(33)34)20-13-14-24-22(16-20)28(30)32-31-24/h1-2,6-16,18H,3-5H2,(H,31,32)(H,33,34). The summed E-state index contributed by atoms with van der Waals surface area (Å²) < 4.78 is 14.4. The third-order valence-electron chi connectivity index (χ3n) is 6.36. The van der Waals surface area contributed by atoms with Gasteiger partial charge in [0.05, 0.1) is 10.9 Å². The zero-order chi connectivity index (χ0) is 23.7. The molecule has 0 saturated heterocycles. The maximum Gasteiger partial charge on any atom is 0.328 e. The summed E-state index contributed by atoms with van der Waals surface area (Å²) >= 11 is 6.69. The molecule has 1 fully saturated rings. The van der Waals surface area contributed by atoms with Crippen molar-refractivity contribution in [3.8, 4) is 0 Å². The minimum atomic E-state index is -0.994. The molecule has 0 aliphatic heterocycles. The number of aliphatic carboxylic acids is 1. The smallest absolute Gasteiger partial charge is 0.328 e. The molecule has 2 N–H and O–H groups in total. The lowest BCUT2D eigenvalue weighted by Gasteiger charge is -2.32. The molecular formula is C28H22ClFN2O2. The molecule has 1 heterocycles. The van der Waals surface area contributed by atoms with Gasteiger partial charge in [-0.05, 0) is 76.4 Å². The molecule has 170 valence electrons. The van der Waals surface area contributed by atoms with Crippen LogP contribution in [-0.4, -0.2) is 21.3 Å². The molecule has 4 nitrogen and oxygen atoms in total. The number of benzene rings is 3. The van der Waals surface area contributed by atoms with Crippen LogP contribution in [-0.2, 0) is 4.79 Å². The van der Waals surface area contributed by atoms with Crippen LogP contribution in [0.4, 0.5) is 4.39 Å². The van der Waals surface area contributed by atoms with Gasteiger partial charge in [0.25, 0.3) is 0 Å². The molecule has 0 bridgehead atoms. The van der Waals surface area contributed by atoms with Gasteiger partial charge in [-0.3, -0.25) is 5.10 Å². The van der Waals surface area contributed by atoms with Crippen molar-refractivity contribution >= 4 is 45.7 Å². The fraction of sp³-hybridized carbons (Fsp3) is 0.143. The molecule has 34 heavy (non-hydrogen) atoms. The van der Waals surface area contributed by atoms with Crippen molar-refractivity contribution in [1.82, 2.24) is 10.2 Å². The SMILES string of the molecule is O=C(O)C=Cc1ccc(C(=C(c2ccccc2Cl)C2CCC2)c2ccc3n[nH]c(F)c3c2)cc1. The number of aromatic nitrogens is 2. The number of aromatic amines is 1. The highest BCUT2D eigenvalue weighted by Gasteiger charge is 2.28. The highest BCUT2D eigenvalue weighted by Crippen LogP contribution is 2.47. The van der Waals surface area contributed by atoms with Gasteiger partial charge in [0, 0.05) is 11.1 Å². The summed E-state index contributed by atoms with van der Waals surface area (Å²) in [6, 6.07) is 21.2. The Bertz CT molecular complexity index is 1430. The summed E-state index contributed by atoms with van der Waals surface area (Å²) in [6.07, 6.45) is 5.95. The highest BCUT2D eigenvalue weighted by atomic mass is 35.5. The van der Waals surface area contributed by atoms with Gasteiger partial charge in [0.1, 0.15) is 0 Å². The quantitative estimate of drug-likeness (QED) is 0.230. The molecule has 1 aliphatic rings.